The van der Waals surface area contributed by atoms with Crippen LogP contribution in [0.15, 0.2) is 12.2 Å². The van der Waals surface area contributed by atoms with E-state index in [0.717, 1.165) is 0 Å². The predicted octanol–water partition coefficient (Wildman–Crippen LogP) is 2.51. The van der Waals surface area contributed by atoms with Gasteiger partial charge in [0.1, 0.15) is 23.7 Å². The minimum atomic E-state index is -1.57. The molecule has 2 N–H and O–H groups in total. The quantitative estimate of drug-likeness (QED) is 0.421. The van der Waals surface area contributed by atoms with Crippen molar-refractivity contribution in [2.75, 3.05) is 14.1 Å². The lowest BCUT2D eigenvalue weighted by atomic mass is 9.80. The van der Waals surface area contributed by atoms with Gasteiger partial charge in [-0.15, -0.1) is 0 Å². The number of nitrogens with zero attached hydrogens (tertiary/aromatic N) is 1. The van der Waals surface area contributed by atoms with Gasteiger partial charge in [-0.3, -0.25) is 14.4 Å². The summed E-state index contributed by atoms with van der Waals surface area (Å²) in [6.07, 6.45) is 0.318. The largest absolute Gasteiger partial charge is 0.458 e. The Balaban J connectivity index is 2.44. The third-order valence-corrected chi connectivity index (χ3v) is 7.93. The van der Waals surface area contributed by atoms with Crippen LogP contribution in [-0.4, -0.2) is 89.1 Å². The summed E-state index contributed by atoms with van der Waals surface area (Å²) < 4.78 is 17.9. The van der Waals surface area contributed by atoms with Crippen molar-refractivity contribution in [2.45, 2.75) is 110 Å². The van der Waals surface area contributed by atoms with Crippen LogP contribution < -0.4 is 0 Å². The van der Waals surface area contributed by atoms with Crippen molar-refractivity contribution in [3.05, 3.63) is 12.2 Å². The van der Waals surface area contributed by atoms with Crippen molar-refractivity contribution in [1.29, 1.82) is 0 Å². The van der Waals surface area contributed by atoms with Crippen LogP contribution in [0.1, 0.15) is 67.7 Å². The van der Waals surface area contributed by atoms with Crippen LogP contribution in [0.25, 0.3) is 0 Å². The number of carbonyl (C=O) groups is 3. The Morgan fingerprint density at radius 1 is 1.11 bits per heavy atom. The van der Waals surface area contributed by atoms with E-state index in [1.807, 2.05) is 32.8 Å². The highest BCUT2D eigenvalue weighted by Gasteiger charge is 2.44. The number of esters is 1. The van der Waals surface area contributed by atoms with Gasteiger partial charge in [-0.1, -0.05) is 27.7 Å². The van der Waals surface area contributed by atoms with E-state index in [9.17, 15) is 24.6 Å². The van der Waals surface area contributed by atoms with E-state index in [1.165, 1.54) is 26.0 Å². The van der Waals surface area contributed by atoms with E-state index >= 15 is 0 Å². The smallest absolute Gasteiger partial charge is 0.316 e. The van der Waals surface area contributed by atoms with Gasteiger partial charge in [-0.25, -0.2) is 0 Å². The molecule has 0 radical (unpaired) electrons. The fourth-order valence-corrected chi connectivity index (χ4v) is 5.42. The monoisotopic (exact) mass is 525 g/mol. The van der Waals surface area contributed by atoms with E-state index in [0.29, 0.717) is 19.3 Å². The lowest BCUT2D eigenvalue weighted by Crippen LogP contribution is -2.56. The van der Waals surface area contributed by atoms with Gasteiger partial charge < -0.3 is 29.3 Å². The molecule has 2 aliphatic rings. The molecule has 212 valence electrons. The molecule has 0 aliphatic carbocycles. The third-order valence-electron chi connectivity index (χ3n) is 7.93. The maximum Gasteiger partial charge on any atom is 0.316 e. The molecule has 2 heterocycles. The van der Waals surface area contributed by atoms with Gasteiger partial charge in [0.2, 0.25) is 0 Å². The van der Waals surface area contributed by atoms with Crippen LogP contribution in [0.2, 0.25) is 0 Å². The second-order valence-electron chi connectivity index (χ2n) is 11.5. The molecular weight excluding hydrogens is 478 g/mol. The molecule has 0 amide bonds. The number of ketones is 2. The van der Waals surface area contributed by atoms with Gasteiger partial charge in [0.25, 0.3) is 0 Å². The van der Waals surface area contributed by atoms with Gasteiger partial charge in [-0.2, -0.15) is 0 Å². The molecule has 9 nitrogen and oxygen atoms in total. The minimum absolute atomic E-state index is 0.168. The number of aliphatic hydroxyl groups is 2. The highest BCUT2D eigenvalue weighted by molar-refractivity contribution is 6.00. The lowest BCUT2D eigenvalue weighted by molar-refractivity contribution is -0.278. The second kappa shape index (κ2) is 12.9. The van der Waals surface area contributed by atoms with E-state index in [4.69, 9.17) is 14.2 Å². The molecule has 0 aromatic carbocycles. The number of Topliss-reactive ketones (excluding diaryl/α,β-unsaturated/α-hetero) is 1. The molecule has 0 aromatic heterocycles. The third kappa shape index (κ3) is 7.69. The maximum absolute atomic E-state index is 13.5. The predicted molar refractivity (Wildman–Crippen MR) is 139 cm³/mol. The van der Waals surface area contributed by atoms with E-state index in [-0.39, 0.29) is 29.6 Å². The van der Waals surface area contributed by atoms with Crippen LogP contribution in [0.3, 0.4) is 0 Å². The standard InChI is InChI=1S/C28H47NO8/c1-10-22-28(7,34)12-11-21(30)15(2)13-16(3)25(18(5)23(31)19(6)26(33)36-22)37-27-24(32)20(29(8)9)14-17(4)35-27/h11-12,15-20,22,24-25,27,32,34H,10,13-14H2,1-9H3/b12-11-/t15-,16+,17-,18+,19-,20+,22?,24-,25+,27+,28+/m1/s1. The zero-order chi connectivity index (χ0) is 28.2. The first-order valence-corrected chi connectivity index (χ1v) is 13.5. The number of ether oxygens (including phenoxy) is 3. The summed E-state index contributed by atoms with van der Waals surface area (Å²) in [5, 5.41) is 21.9. The first-order valence-electron chi connectivity index (χ1n) is 13.5. The van der Waals surface area contributed by atoms with Crippen LogP contribution in [0, 0.1) is 23.7 Å². The van der Waals surface area contributed by atoms with Gasteiger partial charge in [0.15, 0.2) is 17.9 Å². The Morgan fingerprint density at radius 3 is 2.30 bits per heavy atom. The first kappa shape index (κ1) is 31.6. The van der Waals surface area contributed by atoms with Crippen molar-refractivity contribution in [3.63, 3.8) is 0 Å². The van der Waals surface area contributed by atoms with Gasteiger partial charge in [0, 0.05) is 17.9 Å². The van der Waals surface area contributed by atoms with E-state index in [1.54, 1.807) is 20.8 Å². The summed E-state index contributed by atoms with van der Waals surface area (Å²) in [6, 6.07) is -0.188. The topological polar surface area (TPSA) is 123 Å². The Bertz CT molecular complexity index is 840. The fraction of sp³-hybridized carbons (Fsp3) is 0.821. The average molecular weight is 526 g/mol. The number of hydrogen-bond acceptors (Lipinski definition) is 9. The number of rotatable bonds is 4. The van der Waals surface area contributed by atoms with Crippen LogP contribution in [0.5, 0.6) is 0 Å². The number of likely N-dealkylation sites (N-methyl/N-ethyl adjacent to an activating group) is 1. The number of hydrogen-bond donors (Lipinski definition) is 2. The van der Waals surface area contributed by atoms with Crippen LogP contribution in [-0.2, 0) is 28.6 Å². The van der Waals surface area contributed by atoms with Gasteiger partial charge in [-0.05, 0) is 72.2 Å². The molecule has 1 unspecified atom stereocenters. The molecule has 2 aliphatic heterocycles. The van der Waals surface area contributed by atoms with Crippen molar-refractivity contribution in [2.24, 2.45) is 23.7 Å². The summed E-state index contributed by atoms with van der Waals surface area (Å²) in [5.74, 6) is -3.83. The Labute approximate surface area is 221 Å². The molecule has 0 aromatic rings. The number of cyclic esters (lactones) is 1. The average Bonchev–Trinajstić information content (AvgIpc) is 2.83. The van der Waals surface area contributed by atoms with Crippen molar-refractivity contribution >= 4 is 17.5 Å². The molecule has 1 saturated heterocycles. The molecule has 1 fully saturated rings. The number of aliphatic hydroxyl groups excluding tert-OH is 1. The molecular formula is C28H47NO8. The molecule has 0 saturated carbocycles. The van der Waals surface area contributed by atoms with Gasteiger partial charge in [0.05, 0.1) is 12.2 Å². The lowest BCUT2D eigenvalue weighted by Gasteiger charge is -2.43. The zero-order valence-electron chi connectivity index (χ0n) is 23.8. The van der Waals surface area contributed by atoms with Crippen LogP contribution in [0.4, 0.5) is 0 Å². The molecule has 0 spiro atoms. The maximum atomic E-state index is 13.5. The normalized spacial score (nSPS) is 43.8. The summed E-state index contributed by atoms with van der Waals surface area (Å²) in [6.45, 7) is 12.0. The molecule has 37 heavy (non-hydrogen) atoms. The van der Waals surface area contributed by atoms with Crippen molar-refractivity contribution in [1.82, 2.24) is 4.90 Å². The van der Waals surface area contributed by atoms with Crippen LogP contribution >= 0.6 is 0 Å². The van der Waals surface area contributed by atoms with Crippen molar-refractivity contribution < 1.29 is 38.8 Å². The highest BCUT2D eigenvalue weighted by Crippen LogP contribution is 2.32. The SMILES string of the molecule is CCC1OC(=O)[C@H](C)C(=O)[C@H](C)[C@@H](O[C@@H]2O[C@H](C)C[C@H](N(C)C)[C@H]2O)[C@@H](C)C[C@@H](C)C(=O)/C=C\[C@]1(C)O. The second-order valence-corrected chi connectivity index (χ2v) is 11.5. The first-order chi connectivity index (χ1) is 17.1. The Kier molecular flexibility index (Phi) is 11.0. The number of allylic oxidation sites excluding steroid dienone is 1. The van der Waals surface area contributed by atoms with E-state index in [2.05, 4.69) is 0 Å². The fourth-order valence-electron chi connectivity index (χ4n) is 5.42. The summed E-state index contributed by atoms with van der Waals surface area (Å²) in [5.41, 5.74) is -1.57. The molecule has 9 heteroatoms. The highest BCUT2D eigenvalue weighted by atomic mass is 16.7. The molecule has 11 atom stereocenters. The van der Waals surface area contributed by atoms with Gasteiger partial charge >= 0.3 is 5.97 Å². The summed E-state index contributed by atoms with van der Waals surface area (Å²) in [4.78, 5) is 41.3. The summed E-state index contributed by atoms with van der Waals surface area (Å²) in [7, 11) is 3.77. The summed E-state index contributed by atoms with van der Waals surface area (Å²) >= 11 is 0. The molecule has 0 bridgehead atoms. The zero-order valence-corrected chi connectivity index (χ0v) is 23.8. The van der Waals surface area contributed by atoms with E-state index < -0.39 is 53.9 Å². The molecule has 2 rings (SSSR count). The minimum Gasteiger partial charge on any atom is -0.458 e. The Hall–Kier alpha value is -1.65. The number of carbonyl (C=O) groups excluding carboxylic acids is 3. The van der Waals surface area contributed by atoms with Crippen molar-refractivity contribution in [3.8, 4) is 0 Å². The Morgan fingerprint density at radius 2 is 1.73 bits per heavy atom.